The van der Waals surface area contributed by atoms with Crippen LogP contribution in [-0.4, -0.2) is 47.4 Å². The van der Waals surface area contributed by atoms with Gasteiger partial charge in [0.25, 0.3) is 26.1 Å². The molecule has 0 bridgehead atoms. The van der Waals surface area contributed by atoms with Gasteiger partial charge in [-0.05, 0) is 41.5 Å². The molecule has 152 valence electrons. The Morgan fingerprint density at radius 3 is 2.30 bits per heavy atom. The Labute approximate surface area is 261 Å². The molecule has 1 amide bonds. The average molecular weight is 506 g/mol. The van der Waals surface area contributed by atoms with E-state index < -0.39 is 36.3 Å². The van der Waals surface area contributed by atoms with Gasteiger partial charge in [0.2, 0.25) is 0 Å². The summed E-state index contributed by atoms with van der Waals surface area (Å²) >= 11 is 0. The van der Waals surface area contributed by atoms with E-state index in [0.29, 0.717) is 11.8 Å². The van der Waals surface area contributed by atoms with Gasteiger partial charge >= 0.3 is 103 Å². The standard InChI is InChI=1S/C16H15N3O7S2.2K.2H/c1-19-8-10(17)5-14(19)16(20)18-11-3-2-9-4-12(27(21,22)23)7-15(13(9)6-11)28(24,25)26;;;;/h2-8,15H,17H2,1H3,(H,21,22,23)(H,24,25,26);;;;/q;2*+1;2*-1. The second-order valence-corrected chi connectivity index (χ2v) is 9.08. The molecule has 1 aromatic heterocycles. The summed E-state index contributed by atoms with van der Waals surface area (Å²) in [6.45, 7) is 0. The molecule has 1 aromatic rings. The van der Waals surface area contributed by atoms with Crippen LogP contribution in [0.1, 0.15) is 13.3 Å². The molecule has 14 heteroatoms. The van der Waals surface area contributed by atoms with Gasteiger partial charge in [0.05, 0.1) is 16.3 Å². The van der Waals surface area contributed by atoms with Crippen molar-refractivity contribution in [2.45, 2.75) is 5.25 Å². The molecule has 0 aromatic carbocycles. The van der Waals surface area contributed by atoms with Crippen LogP contribution in [0.4, 0.5) is 5.69 Å². The summed E-state index contributed by atoms with van der Waals surface area (Å²) in [7, 11) is -7.84. The molecule has 10 nitrogen and oxygen atoms in total. The van der Waals surface area contributed by atoms with Crippen LogP contribution in [0.3, 0.4) is 0 Å². The SMILES string of the molecule is Cn1cc(N)cc1C(=O)N=C1C=CC2=CC(S(=O)(=O)O)=CC(S(=O)(=O)O)C2=C1.[H-].[H-].[K+].[K+]. The zero-order valence-electron chi connectivity index (χ0n) is 18.3. The summed E-state index contributed by atoms with van der Waals surface area (Å²) < 4.78 is 66.4. The topological polar surface area (TPSA) is 169 Å². The molecule has 2 aliphatic carbocycles. The van der Waals surface area contributed by atoms with Gasteiger partial charge in [0.1, 0.15) is 10.9 Å². The van der Waals surface area contributed by atoms with Crippen LogP contribution in [0.15, 0.2) is 63.7 Å². The molecular formula is C16H17K2N3O7S2. The van der Waals surface area contributed by atoms with E-state index >= 15 is 0 Å². The molecule has 0 aliphatic heterocycles. The summed E-state index contributed by atoms with van der Waals surface area (Å²) in [5, 5.41) is -1.75. The third-order valence-corrected chi connectivity index (χ3v) is 5.97. The number of anilines is 1. The summed E-state index contributed by atoms with van der Waals surface area (Å²) in [6.07, 6.45) is 7.23. The minimum absolute atomic E-state index is 0. The van der Waals surface area contributed by atoms with E-state index in [1.54, 1.807) is 7.05 Å². The molecule has 0 spiro atoms. The Balaban J connectivity index is 0. The third kappa shape index (κ3) is 6.51. The first-order valence-corrected chi connectivity index (χ1v) is 10.6. The number of carbonyl (C=O) groups excluding carboxylic acids is 1. The number of nitrogen functional groups attached to an aromatic ring is 1. The van der Waals surface area contributed by atoms with Gasteiger partial charge in [-0.3, -0.25) is 13.9 Å². The average Bonchev–Trinajstić information content (AvgIpc) is 2.90. The molecule has 0 radical (unpaired) electrons. The molecule has 2 aliphatic rings. The number of nitrogens with two attached hydrogens (primary N) is 1. The van der Waals surface area contributed by atoms with Crippen LogP contribution in [0.25, 0.3) is 0 Å². The van der Waals surface area contributed by atoms with E-state index in [1.807, 2.05) is 0 Å². The Morgan fingerprint density at radius 1 is 1.17 bits per heavy atom. The molecule has 0 saturated heterocycles. The first kappa shape index (κ1) is 28.5. The van der Waals surface area contributed by atoms with Crippen molar-refractivity contribution in [2.75, 3.05) is 5.73 Å². The normalized spacial score (nSPS) is 19.6. The number of amides is 1. The molecule has 1 unspecified atom stereocenters. The summed E-state index contributed by atoms with van der Waals surface area (Å²) in [4.78, 5) is 15.6. The number of fused-ring (bicyclic) bond motifs is 1. The minimum Gasteiger partial charge on any atom is -1.00 e. The van der Waals surface area contributed by atoms with Crippen molar-refractivity contribution in [3.8, 4) is 0 Å². The van der Waals surface area contributed by atoms with Crippen LogP contribution in [0.2, 0.25) is 0 Å². The van der Waals surface area contributed by atoms with Crippen molar-refractivity contribution >= 4 is 37.5 Å². The van der Waals surface area contributed by atoms with Gasteiger partial charge in [0.15, 0.2) is 0 Å². The molecule has 4 N–H and O–H groups in total. The molecule has 0 fully saturated rings. The number of rotatable bonds is 3. The Hall–Kier alpha value is 0.473. The van der Waals surface area contributed by atoms with Crippen molar-refractivity contribution in [3.05, 3.63) is 64.4 Å². The quantitative estimate of drug-likeness (QED) is 0.271. The van der Waals surface area contributed by atoms with Gasteiger partial charge in [-0.1, -0.05) is 6.08 Å². The van der Waals surface area contributed by atoms with Gasteiger partial charge in [-0.25, -0.2) is 4.99 Å². The molecule has 30 heavy (non-hydrogen) atoms. The van der Waals surface area contributed by atoms with Crippen LogP contribution >= 0.6 is 0 Å². The van der Waals surface area contributed by atoms with Crippen LogP contribution in [0, 0.1) is 0 Å². The number of aromatic nitrogens is 1. The van der Waals surface area contributed by atoms with Crippen molar-refractivity contribution in [3.63, 3.8) is 0 Å². The van der Waals surface area contributed by atoms with Crippen molar-refractivity contribution < 1.29 is 136 Å². The maximum Gasteiger partial charge on any atom is 1.00 e. The second kappa shape index (κ2) is 10.6. The predicted octanol–water partition coefficient (Wildman–Crippen LogP) is -5.11. The number of hydrogen-bond acceptors (Lipinski definition) is 6. The molecular weight excluding hydrogens is 489 g/mol. The Bertz CT molecular complexity index is 1260. The Kier molecular flexibility index (Phi) is 10.1. The first-order chi connectivity index (χ1) is 12.9. The smallest absolute Gasteiger partial charge is 1.00 e. The zero-order valence-corrected chi connectivity index (χ0v) is 24.2. The van der Waals surface area contributed by atoms with Gasteiger partial charge in [0, 0.05) is 13.2 Å². The number of nitrogens with zero attached hydrogens (tertiary/aromatic N) is 2. The molecule has 3 rings (SSSR count). The fraction of sp³-hybridized carbons (Fsp3) is 0.125. The van der Waals surface area contributed by atoms with Crippen LogP contribution < -0.4 is 109 Å². The number of aliphatic imine (C=N–C) groups is 1. The minimum atomic E-state index is -4.75. The van der Waals surface area contributed by atoms with Crippen molar-refractivity contribution in [2.24, 2.45) is 12.0 Å². The van der Waals surface area contributed by atoms with E-state index in [2.05, 4.69) is 4.99 Å². The maximum absolute atomic E-state index is 12.3. The molecule has 1 heterocycles. The number of aryl methyl sites for hydroxylation is 1. The van der Waals surface area contributed by atoms with E-state index in [4.69, 9.17) is 5.73 Å². The van der Waals surface area contributed by atoms with Crippen LogP contribution in [0.5, 0.6) is 0 Å². The number of hydrogen-bond donors (Lipinski definition) is 3. The fourth-order valence-electron chi connectivity index (χ4n) is 2.83. The predicted molar refractivity (Wildman–Crippen MR) is 104 cm³/mol. The zero-order chi connectivity index (χ0) is 20.9. The molecule has 1 atom stereocenters. The van der Waals surface area contributed by atoms with Gasteiger partial charge in [-0.15, -0.1) is 0 Å². The third-order valence-electron chi connectivity index (χ3n) is 4.08. The fourth-order valence-corrected chi connectivity index (χ4v) is 4.35. The largest absolute Gasteiger partial charge is 1.00 e. The summed E-state index contributed by atoms with van der Waals surface area (Å²) in [5.74, 6) is -0.628. The second-order valence-electron chi connectivity index (χ2n) is 6.12. The number of carbonyl (C=O) groups is 1. The van der Waals surface area contributed by atoms with Crippen molar-refractivity contribution in [1.29, 1.82) is 0 Å². The molecule has 0 saturated carbocycles. The van der Waals surface area contributed by atoms with E-state index in [-0.39, 0.29) is 128 Å². The van der Waals surface area contributed by atoms with E-state index in [0.717, 1.165) is 6.08 Å². The first-order valence-electron chi connectivity index (χ1n) is 7.68. The van der Waals surface area contributed by atoms with Crippen LogP contribution in [-0.2, 0) is 27.3 Å². The number of allylic oxidation sites excluding steroid dienone is 5. The monoisotopic (exact) mass is 505 g/mol. The maximum atomic E-state index is 12.3. The Morgan fingerprint density at radius 2 is 1.80 bits per heavy atom. The van der Waals surface area contributed by atoms with E-state index in [9.17, 15) is 30.7 Å². The summed E-state index contributed by atoms with van der Waals surface area (Å²) in [5.41, 5.74) is 6.44. The van der Waals surface area contributed by atoms with E-state index in [1.165, 1.54) is 35.1 Å². The van der Waals surface area contributed by atoms with Gasteiger partial charge < -0.3 is 13.2 Å². The summed E-state index contributed by atoms with van der Waals surface area (Å²) in [6, 6.07) is 1.43. The van der Waals surface area contributed by atoms with Crippen molar-refractivity contribution in [1.82, 2.24) is 4.57 Å². The van der Waals surface area contributed by atoms with Gasteiger partial charge in [-0.2, -0.15) is 16.8 Å².